The molecule has 0 saturated carbocycles. The Labute approximate surface area is 144 Å². The number of rotatable bonds is 5. The maximum atomic E-state index is 9.35. The molecule has 0 spiro atoms. The average molecular weight is 341 g/mol. The lowest BCUT2D eigenvalue weighted by molar-refractivity contribution is -0.0207. The first kappa shape index (κ1) is 15.8. The standard InChI is InChI=1S/C17H19N5O3/c23-8-13-5-6-14(25-13)22-10-21-15-16(19-9-20-17(15)22)18-7-11-1-3-12(24)4-2-11/h1-4,9-10,13-14,23-24H,5-8H2,(H,18,19,20)/t13-,14+/m0/s1. The number of phenolic OH excluding ortho intramolecular Hbond substituents is 1. The van der Waals surface area contributed by atoms with Crippen LogP contribution in [0.4, 0.5) is 5.82 Å². The van der Waals surface area contributed by atoms with Gasteiger partial charge >= 0.3 is 0 Å². The largest absolute Gasteiger partial charge is 0.508 e. The van der Waals surface area contributed by atoms with Crippen LogP contribution in [0.15, 0.2) is 36.9 Å². The van der Waals surface area contributed by atoms with E-state index in [1.54, 1.807) is 18.5 Å². The van der Waals surface area contributed by atoms with Crippen LogP contribution in [0, 0.1) is 0 Å². The molecule has 3 heterocycles. The molecule has 1 fully saturated rings. The van der Waals surface area contributed by atoms with Gasteiger partial charge in [0.05, 0.1) is 19.0 Å². The van der Waals surface area contributed by atoms with Gasteiger partial charge in [0.2, 0.25) is 0 Å². The highest BCUT2D eigenvalue weighted by atomic mass is 16.5. The van der Waals surface area contributed by atoms with Crippen LogP contribution < -0.4 is 5.32 Å². The van der Waals surface area contributed by atoms with Gasteiger partial charge in [0.15, 0.2) is 17.0 Å². The SMILES string of the molecule is OC[C@@H]1CC[C@H](n2cnc3c(NCc4ccc(O)cc4)ncnc32)O1. The Morgan fingerprint density at radius 1 is 1.16 bits per heavy atom. The minimum absolute atomic E-state index is 0.0253. The number of benzene rings is 1. The molecular formula is C17H19N5O3. The van der Waals surface area contributed by atoms with Crippen LogP contribution in [0.2, 0.25) is 0 Å². The Kier molecular flexibility index (Phi) is 4.21. The summed E-state index contributed by atoms with van der Waals surface area (Å²) >= 11 is 0. The number of aromatic hydroxyl groups is 1. The molecule has 1 aromatic carbocycles. The number of phenols is 1. The van der Waals surface area contributed by atoms with Crippen molar-refractivity contribution in [2.75, 3.05) is 11.9 Å². The molecule has 1 saturated heterocycles. The molecule has 4 rings (SSSR count). The summed E-state index contributed by atoms with van der Waals surface area (Å²) < 4.78 is 7.70. The minimum atomic E-state index is -0.165. The van der Waals surface area contributed by atoms with Crippen LogP contribution in [0.5, 0.6) is 5.75 Å². The Morgan fingerprint density at radius 2 is 2.00 bits per heavy atom. The number of nitrogens with zero attached hydrogens (tertiary/aromatic N) is 4. The van der Waals surface area contributed by atoms with Gasteiger partial charge in [0.1, 0.15) is 18.3 Å². The molecule has 0 bridgehead atoms. The van der Waals surface area contributed by atoms with Gasteiger partial charge < -0.3 is 20.3 Å². The van der Waals surface area contributed by atoms with Gasteiger partial charge in [-0.05, 0) is 30.5 Å². The smallest absolute Gasteiger partial charge is 0.167 e. The molecule has 0 amide bonds. The van der Waals surface area contributed by atoms with Crippen molar-refractivity contribution in [3.05, 3.63) is 42.5 Å². The van der Waals surface area contributed by atoms with E-state index in [-0.39, 0.29) is 24.7 Å². The van der Waals surface area contributed by atoms with Crippen molar-refractivity contribution >= 4 is 17.0 Å². The molecule has 130 valence electrons. The molecule has 0 unspecified atom stereocenters. The average Bonchev–Trinajstić information content (AvgIpc) is 3.27. The summed E-state index contributed by atoms with van der Waals surface area (Å²) in [6.07, 6.45) is 4.54. The molecule has 3 N–H and O–H groups in total. The molecule has 2 atom stereocenters. The van der Waals surface area contributed by atoms with Crippen molar-refractivity contribution in [3.8, 4) is 5.75 Å². The second kappa shape index (κ2) is 6.66. The first-order chi connectivity index (χ1) is 12.2. The van der Waals surface area contributed by atoms with E-state index < -0.39 is 0 Å². The molecule has 25 heavy (non-hydrogen) atoms. The van der Waals surface area contributed by atoms with Gasteiger partial charge in [-0.1, -0.05) is 12.1 Å². The fourth-order valence-electron chi connectivity index (χ4n) is 3.02. The van der Waals surface area contributed by atoms with E-state index in [9.17, 15) is 10.2 Å². The van der Waals surface area contributed by atoms with Crippen LogP contribution in [-0.4, -0.2) is 42.4 Å². The second-order valence-electron chi connectivity index (χ2n) is 6.04. The summed E-state index contributed by atoms with van der Waals surface area (Å²) in [5.74, 6) is 0.887. The molecular weight excluding hydrogens is 322 g/mol. The van der Waals surface area contributed by atoms with Crippen LogP contribution in [0.3, 0.4) is 0 Å². The number of nitrogens with one attached hydrogen (secondary N) is 1. The van der Waals surface area contributed by atoms with Crippen molar-refractivity contribution in [1.82, 2.24) is 19.5 Å². The number of hydrogen-bond donors (Lipinski definition) is 3. The van der Waals surface area contributed by atoms with Gasteiger partial charge in [-0.25, -0.2) is 15.0 Å². The molecule has 1 aliphatic heterocycles. The highest BCUT2D eigenvalue weighted by Crippen LogP contribution is 2.31. The van der Waals surface area contributed by atoms with Crippen LogP contribution in [-0.2, 0) is 11.3 Å². The molecule has 0 aliphatic carbocycles. The maximum absolute atomic E-state index is 9.35. The first-order valence-electron chi connectivity index (χ1n) is 8.20. The van der Waals surface area contributed by atoms with Crippen molar-refractivity contribution in [1.29, 1.82) is 0 Å². The van der Waals surface area contributed by atoms with E-state index in [1.165, 1.54) is 6.33 Å². The zero-order chi connectivity index (χ0) is 17.2. The summed E-state index contributed by atoms with van der Waals surface area (Å²) in [7, 11) is 0. The highest BCUT2D eigenvalue weighted by Gasteiger charge is 2.27. The van der Waals surface area contributed by atoms with Gasteiger partial charge in [0.25, 0.3) is 0 Å². The molecule has 0 radical (unpaired) electrons. The lowest BCUT2D eigenvalue weighted by Crippen LogP contribution is -2.14. The predicted octanol–water partition coefficient (Wildman–Crippen LogP) is 1.81. The zero-order valence-corrected chi connectivity index (χ0v) is 13.5. The topological polar surface area (TPSA) is 105 Å². The summed E-state index contributed by atoms with van der Waals surface area (Å²) in [4.78, 5) is 13.1. The van der Waals surface area contributed by atoms with Crippen molar-refractivity contribution < 1.29 is 14.9 Å². The van der Waals surface area contributed by atoms with Crippen LogP contribution in [0.25, 0.3) is 11.2 Å². The number of aliphatic hydroxyl groups is 1. The summed E-state index contributed by atoms with van der Waals surface area (Å²) in [6.45, 7) is 0.587. The number of aromatic nitrogens is 4. The first-order valence-corrected chi connectivity index (χ1v) is 8.20. The minimum Gasteiger partial charge on any atom is -0.508 e. The molecule has 1 aliphatic rings. The Hall–Kier alpha value is -2.71. The van der Waals surface area contributed by atoms with Crippen LogP contribution >= 0.6 is 0 Å². The normalized spacial score (nSPS) is 20.2. The third-order valence-corrected chi connectivity index (χ3v) is 4.35. The van der Waals surface area contributed by atoms with Gasteiger partial charge in [-0.2, -0.15) is 0 Å². The summed E-state index contributed by atoms with van der Waals surface area (Å²) in [5, 5.41) is 21.8. The number of ether oxygens (including phenoxy) is 1. The van der Waals surface area contributed by atoms with Crippen molar-refractivity contribution in [2.24, 2.45) is 0 Å². The fourth-order valence-corrected chi connectivity index (χ4v) is 3.02. The van der Waals surface area contributed by atoms with E-state index in [0.717, 1.165) is 18.4 Å². The van der Waals surface area contributed by atoms with Gasteiger partial charge in [-0.15, -0.1) is 0 Å². The third-order valence-electron chi connectivity index (χ3n) is 4.35. The Bertz CT molecular complexity index is 864. The summed E-state index contributed by atoms with van der Waals surface area (Å²) in [6, 6.07) is 6.99. The second-order valence-corrected chi connectivity index (χ2v) is 6.04. The lowest BCUT2D eigenvalue weighted by Gasteiger charge is -2.14. The maximum Gasteiger partial charge on any atom is 0.167 e. The van der Waals surface area contributed by atoms with E-state index in [4.69, 9.17) is 4.74 Å². The number of imidazole rings is 1. The molecule has 3 aromatic rings. The van der Waals surface area contributed by atoms with E-state index >= 15 is 0 Å². The zero-order valence-electron chi connectivity index (χ0n) is 13.5. The van der Waals surface area contributed by atoms with Crippen LogP contribution in [0.1, 0.15) is 24.6 Å². The number of fused-ring (bicyclic) bond motifs is 1. The lowest BCUT2D eigenvalue weighted by atomic mass is 10.2. The third kappa shape index (κ3) is 3.13. The Balaban J connectivity index is 1.55. The van der Waals surface area contributed by atoms with Crippen molar-refractivity contribution in [3.63, 3.8) is 0 Å². The number of hydrogen-bond acceptors (Lipinski definition) is 7. The van der Waals surface area contributed by atoms with E-state index in [1.807, 2.05) is 16.7 Å². The highest BCUT2D eigenvalue weighted by molar-refractivity contribution is 5.82. The Morgan fingerprint density at radius 3 is 2.76 bits per heavy atom. The molecule has 8 heteroatoms. The quantitative estimate of drug-likeness (QED) is 0.650. The summed E-state index contributed by atoms with van der Waals surface area (Å²) in [5.41, 5.74) is 2.40. The monoisotopic (exact) mass is 341 g/mol. The van der Waals surface area contributed by atoms with E-state index in [0.29, 0.717) is 23.5 Å². The number of aliphatic hydroxyl groups excluding tert-OH is 1. The van der Waals surface area contributed by atoms with Gasteiger partial charge in [0, 0.05) is 6.54 Å². The fraction of sp³-hybridized carbons (Fsp3) is 0.353. The molecule has 2 aromatic heterocycles. The van der Waals surface area contributed by atoms with Crippen molar-refractivity contribution in [2.45, 2.75) is 31.7 Å². The van der Waals surface area contributed by atoms with E-state index in [2.05, 4.69) is 20.3 Å². The number of anilines is 1. The van der Waals surface area contributed by atoms with Gasteiger partial charge in [-0.3, -0.25) is 4.57 Å². The molecule has 8 nitrogen and oxygen atoms in total. The predicted molar refractivity (Wildman–Crippen MR) is 91.0 cm³/mol.